The van der Waals surface area contributed by atoms with Crippen LogP contribution < -0.4 is 0 Å². The monoisotopic (exact) mass is 458 g/mol. The summed E-state index contributed by atoms with van der Waals surface area (Å²) in [6, 6.07) is 16.5. The Bertz CT molecular complexity index is 952. The molecule has 0 aliphatic rings. The van der Waals surface area contributed by atoms with E-state index >= 15 is 0 Å². The summed E-state index contributed by atoms with van der Waals surface area (Å²) in [5.74, 6) is 0.794. The first-order chi connectivity index (χ1) is 12.9. The van der Waals surface area contributed by atoms with Crippen molar-refractivity contribution in [3.05, 3.63) is 58.6 Å². The van der Waals surface area contributed by atoms with Crippen molar-refractivity contribution in [3.8, 4) is 22.5 Å². The van der Waals surface area contributed by atoms with E-state index in [2.05, 4.69) is 76.6 Å². The van der Waals surface area contributed by atoms with Gasteiger partial charge in [-0.2, -0.15) is 5.26 Å². The van der Waals surface area contributed by atoms with E-state index in [9.17, 15) is 0 Å². The lowest BCUT2D eigenvalue weighted by molar-refractivity contribution is 0.590. The van der Waals surface area contributed by atoms with Gasteiger partial charge in [-0.1, -0.05) is 72.7 Å². The van der Waals surface area contributed by atoms with Gasteiger partial charge in [0.15, 0.2) is 11.0 Å². The van der Waals surface area contributed by atoms with Crippen LogP contribution >= 0.6 is 39.5 Å². The Hall–Kier alpha value is -1.75. The molecular formula is C20H19BrN4S2. The van der Waals surface area contributed by atoms with Crippen LogP contribution in [0, 0.1) is 10.7 Å². The van der Waals surface area contributed by atoms with Crippen LogP contribution in [0.15, 0.2) is 58.2 Å². The molecule has 7 heteroatoms. The summed E-state index contributed by atoms with van der Waals surface area (Å²) in [6.45, 7) is 6.61. The first-order valence-corrected chi connectivity index (χ1v) is 11.1. The minimum absolute atomic E-state index is 0.105. The second kappa shape index (κ2) is 8.51. The lowest BCUT2D eigenvalue weighted by Gasteiger charge is -2.19. The Morgan fingerprint density at radius 2 is 1.70 bits per heavy atom. The van der Waals surface area contributed by atoms with Crippen molar-refractivity contribution >= 4 is 39.5 Å². The highest BCUT2D eigenvalue weighted by Crippen LogP contribution is 2.31. The lowest BCUT2D eigenvalue weighted by Crippen LogP contribution is -2.10. The van der Waals surface area contributed by atoms with Crippen LogP contribution in [0.1, 0.15) is 26.3 Å². The average molecular weight is 459 g/mol. The molecule has 4 nitrogen and oxygen atoms in total. The van der Waals surface area contributed by atoms with Crippen molar-refractivity contribution in [3.63, 3.8) is 0 Å². The van der Waals surface area contributed by atoms with Gasteiger partial charge >= 0.3 is 0 Å². The van der Waals surface area contributed by atoms with Gasteiger partial charge in [0.25, 0.3) is 0 Å². The maximum Gasteiger partial charge on any atom is 0.196 e. The highest BCUT2D eigenvalue weighted by atomic mass is 79.9. The minimum Gasteiger partial charge on any atom is -0.270 e. The number of hydrogen-bond acceptors (Lipinski definition) is 5. The number of benzene rings is 2. The van der Waals surface area contributed by atoms with E-state index in [1.807, 2.05) is 28.8 Å². The maximum absolute atomic E-state index is 8.79. The van der Waals surface area contributed by atoms with Gasteiger partial charge < -0.3 is 0 Å². The summed E-state index contributed by atoms with van der Waals surface area (Å²) >= 11 is 6.19. The van der Waals surface area contributed by atoms with E-state index < -0.39 is 0 Å². The van der Waals surface area contributed by atoms with Gasteiger partial charge in [-0.25, -0.2) is 0 Å². The maximum atomic E-state index is 8.79. The van der Waals surface area contributed by atoms with Gasteiger partial charge in [-0.3, -0.25) is 4.57 Å². The quantitative estimate of drug-likeness (QED) is 0.195. The zero-order chi connectivity index (χ0) is 19.4. The van der Waals surface area contributed by atoms with Gasteiger partial charge in [0.2, 0.25) is 0 Å². The third-order valence-corrected chi connectivity index (χ3v) is 6.16. The molecule has 0 radical (unpaired) electrons. The highest BCUT2D eigenvalue weighted by molar-refractivity contribution is 9.10. The topological polar surface area (TPSA) is 54.5 Å². The fourth-order valence-corrected chi connectivity index (χ4v) is 4.15. The summed E-state index contributed by atoms with van der Waals surface area (Å²) in [7, 11) is 0. The highest BCUT2D eigenvalue weighted by Gasteiger charge is 2.18. The fraction of sp³-hybridized carbons (Fsp3) is 0.250. The largest absolute Gasteiger partial charge is 0.270 e. The van der Waals surface area contributed by atoms with Crippen LogP contribution in [0.3, 0.4) is 0 Å². The number of hydrogen-bond donors (Lipinski definition) is 0. The van der Waals surface area contributed by atoms with Crippen molar-refractivity contribution in [2.75, 3.05) is 5.08 Å². The van der Waals surface area contributed by atoms with Crippen molar-refractivity contribution in [1.29, 1.82) is 5.26 Å². The second-order valence-corrected chi connectivity index (χ2v) is 9.93. The zero-order valence-electron chi connectivity index (χ0n) is 15.3. The Labute approximate surface area is 176 Å². The van der Waals surface area contributed by atoms with E-state index in [1.54, 1.807) is 0 Å². The number of nitriles is 1. The van der Waals surface area contributed by atoms with Crippen LogP contribution in [0.4, 0.5) is 0 Å². The Morgan fingerprint density at radius 3 is 2.30 bits per heavy atom. The van der Waals surface area contributed by atoms with Crippen LogP contribution in [0.25, 0.3) is 17.1 Å². The van der Waals surface area contributed by atoms with Gasteiger partial charge in [-0.15, -0.1) is 10.2 Å². The smallest absolute Gasteiger partial charge is 0.196 e. The molecule has 138 valence electrons. The SMILES string of the molecule is CC(C)(C)c1ccc(-c2nnc(SCSC#N)n2-c2ccc(Br)cc2)cc1. The second-order valence-electron chi connectivity index (χ2n) is 6.94. The Morgan fingerprint density at radius 1 is 1.04 bits per heavy atom. The standard InChI is InChI=1S/C20H19BrN4S2/c1-20(2,3)15-6-4-14(5-7-15)18-23-24-19(27-13-26-12-22)25(18)17-10-8-16(21)9-11-17/h4-11H,13H2,1-3H3. The molecule has 0 unspecified atom stereocenters. The summed E-state index contributed by atoms with van der Waals surface area (Å²) in [4.78, 5) is 0. The molecule has 0 aliphatic heterocycles. The number of halogens is 1. The molecule has 0 amide bonds. The van der Waals surface area contributed by atoms with Crippen LogP contribution in [-0.4, -0.2) is 19.8 Å². The molecule has 0 saturated carbocycles. The van der Waals surface area contributed by atoms with E-state index in [1.165, 1.54) is 29.1 Å². The molecule has 0 N–H and O–H groups in total. The molecule has 0 spiro atoms. The normalized spacial score (nSPS) is 11.4. The zero-order valence-corrected chi connectivity index (χ0v) is 18.5. The average Bonchev–Trinajstić information content (AvgIpc) is 3.06. The number of nitrogens with zero attached hydrogens (tertiary/aromatic N) is 4. The van der Waals surface area contributed by atoms with Gasteiger partial charge in [-0.05, 0) is 47.0 Å². The predicted octanol–water partition coefficient (Wildman–Crippen LogP) is 6.26. The third kappa shape index (κ3) is 4.75. The van der Waals surface area contributed by atoms with Crippen molar-refractivity contribution < 1.29 is 0 Å². The van der Waals surface area contributed by atoms with E-state index in [0.717, 1.165) is 26.7 Å². The fourth-order valence-electron chi connectivity index (χ4n) is 2.60. The molecule has 3 aromatic rings. The third-order valence-electron chi connectivity index (χ3n) is 4.04. The van der Waals surface area contributed by atoms with Gasteiger partial charge in [0, 0.05) is 15.7 Å². The molecule has 2 aromatic carbocycles. The molecule has 0 fully saturated rings. The van der Waals surface area contributed by atoms with Gasteiger partial charge in [0.1, 0.15) is 5.40 Å². The summed E-state index contributed by atoms with van der Waals surface area (Å²) in [6.07, 6.45) is 0. The predicted molar refractivity (Wildman–Crippen MR) is 117 cm³/mol. The number of thiocyanates is 1. The Balaban J connectivity index is 2.04. The molecule has 3 rings (SSSR count). The van der Waals surface area contributed by atoms with E-state index in [0.29, 0.717) is 5.08 Å². The number of rotatable bonds is 5. The molecule has 0 bridgehead atoms. The first-order valence-electron chi connectivity index (χ1n) is 8.36. The van der Waals surface area contributed by atoms with Crippen LogP contribution in [0.2, 0.25) is 0 Å². The minimum atomic E-state index is 0.105. The molecule has 27 heavy (non-hydrogen) atoms. The van der Waals surface area contributed by atoms with Crippen LogP contribution in [0.5, 0.6) is 0 Å². The Kier molecular flexibility index (Phi) is 6.30. The molecule has 0 atom stereocenters. The van der Waals surface area contributed by atoms with Crippen LogP contribution in [-0.2, 0) is 5.41 Å². The summed E-state index contributed by atoms with van der Waals surface area (Å²) in [5.41, 5.74) is 3.38. The first kappa shape index (κ1) is 20.0. The number of thioether (sulfide) groups is 2. The number of aromatic nitrogens is 3. The molecule has 0 saturated heterocycles. The molecular weight excluding hydrogens is 440 g/mol. The van der Waals surface area contributed by atoms with E-state index in [-0.39, 0.29) is 5.41 Å². The van der Waals surface area contributed by atoms with Gasteiger partial charge in [0.05, 0.1) is 5.08 Å². The molecule has 1 heterocycles. The van der Waals surface area contributed by atoms with Crippen molar-refractivity contribution in [1.82, 2.24) is 14.8 Å². The van der Waals surface area contributed by atoms with Crippen molar-refractivity contribution in [2.24, 2.45) is 0 Å². The summed E-state index contributed by atoms with van der Waals surface area (Å²) < 4.78 is 3.06. The van der Waals surface area contributed by atoms with Crippen molar-refractivity contribution in [2.45, 2.75) is 31.3 Å². The molecule has 1 aromatic heterocycles. The molecule has 0 aliphatic carbocycles. The van der Waals surface area contributed by atoms with E-state index in [4.69, 9.17) is 5.26 Å². The lowest BCUT2D eigenvalue weighted by atomic mass is 9.87. The summed E-state index contributed by atoms with van der Waals surface area (Å²) in [5, 5.41) is 21.1.